The molecular weight excluding hydrogens is 538 g/mol. The van der Waals surface area contributed by atoms with Gasteiger partial charge in [0.25, 0.3) is 0 Å². The van der Waals surface area contributed by atoms with Gasteiger partial charge in [0.1, 0.15) is 25.3 Å². The molecule has 0 saturated heterocycles. The Hall–Kier alpha value is -4.86. The number of benzene rings is 3. The standard InChI is InChI=1S/C32H37N3O7/c1-40-30(37)28(21-24-13-5-2-6-14-24)34-29(36)27(35-32(39)42-23-26-17-9-4-10-18-26)19-11-12-20-33-31(38)41-22-25-15-7-3-8-16-25/h2-10,13-18,27-28H,11-12,19-23H2,1H3,(H,33,38)(H,34,36)(H,35,39)/t27-,28+/m1/s1. The number of alkyl carbamates (subject to hydrolysis) is 2. The summed E-state index contributed by atoms with van der Waals surface area (Å²) in [5, 5.41) is 8.01. The molecule has 3 rings (SSSR count). The van der Waals surface area contributed by atoms with Gasteiger partial charge in [-0.25, -0.2) is 14.4 Å². The Balaban J connectivity index is 1.53. The minimum absolute atomic E-state index is 0.0365. The van der Waals surface area contributed by atoms with E-state index in [4.69, 9.17) is 14.2 Å². The number of hydrogen-bond donors (Lipinski definition) is 3. The van der Waals surface area contributed by atoms with Crippen LogP contribution in [0, 0.1) is 0 Å². The fourth-order valence-electron chi connectivity index (χ4n) is 4.07. The second-order valence-electron chi connectivity index (χ2n) is 9.52. The first kappa shape index (κ1) is 31.7. The van der Waals surface area contributed by atoms with Crippen molar-refractivity contribution < 1.29 is 33.4 Å². The molecule has 222 valence electrons. The zero-order chi connectivity index (χ0) is 30.0. The molecule has 0 unspecified atom stereocenters. The third kappa shape index (κ3) is 11.7. The van der Waals surface area contributed by atoms with Crippen LogP contribution >= 0.6 is 0 Å². The highest BCUT2D eigenvalue weighted by molar-refractivity contribution is 5.89. The van der Waals surface area contributed by atoms with Gasteiger partial charge >= 0.3 is 18.2 Å². The van der Waals surface area contributed by atoms with Gasteiger partial charge in [-0.2, -0.15) is 0 Å². The lowest BCUT2D eigenvalue weighted by Gasteiger charge is -2.22. The van der Waals surface area contributed by atoms with Crippen molar-refractivity contribution in [1.29, 1.82) is 0 Å². The lowest BCUT2D eigenvalue weighted by atomic mass is 10.0. The summed E-state index contributed by atoms with van der Waals surface area (Å²) in [5.74, 6) is -1.15. The Kier molecular flexibility index (Phi) is 13.4. The van der Waals surface area contributed by atoms with Crippen molar-refractivity contribution >= 4 is 24.1 Å². The topological polar surface area (TPSA) is 132 Å². The number of esters is 1. The fourth-order valence-corrected chi connectivity index (χ4v) is 4.07. The van der Waals surface area contributed by atoms with E-state index in [0.29, 0.717) is 19.4 Å². The van der Waals surface area contributed by atoms with E-state index in [-0.39, 0.29) is 26.1 Å². The molecule has 3 amide bonds. The van der Waals surface area contributed by atoms with Crippen molar-refractivity contribution in [3.8, 4) is 0 Å². The average molecular weight is 576 g/mol. The van der Waals surface area contributed by atoms with Crippen molar-refractivity contribution in [2.75, 3.05) is 13.7 Å². The predicted octanol–water partition coefficient (Wildman–Crippen LogP) is 4.28. The summed E-state index contributed by atoms with van der Waals surface area (Å²) in [7, 11) is 1.25. The van der Waals surface area contributed by atoms with E-state index < -0.39 is 36.1 Å². The molecule has 0 saturated carbocycles. The Morgan fingerprint density at radius 3 is 1.71 bits per heavy atom. The quantitative estimate of drug-likeness (QED) is 0.140. The van der Waals surface area contributed by atoms with Crippen molar-refractivity contribution in [1.82, 2.24) is 16.0 Å². The van der Waals surface area contributed by atoms with Crippen LogP contribution in [0.4, 0.5) is 9.59 Å². The molecule has 2 atom stereocenters. The lowest BCUT2D eigenvalue weighted by molar-refractivity contribution is -0.145. The van der Waals surface area contributed by atoms with Crippen LogP contribution < -0.4 is 16.0 Å². The molecule has 0 radical (unpaired) electrons. The van der Waals surface area contributed by atoms with Crippen LogP contribution in [0.15, 0.2) is 91.0 Å². The van der Waals surface area contributed by atoms with Gasteiger partial charge in [-0.3, -0.25) is 4.79 Å². The predicted molar refractivity (Wildman–Crippen MR) is 156 cm³/mol. The Bertz CT molecular complexity index is 1260. The third-order valence-electron chi connectivity index (χ3n) is 6.31. The highest BCUT2D eigenvalue weighted by Gasteiger charge is 2.28. The first-order chi connectivity index (χ1) is 20.4. The summed E-state index contributed by atoms with van der Waals surface area (Å²) in [5.41, 5.74) is 2.52. The molecular formula is C32H37N3O7. The summed E-state index contributed by atoms with van der Waals surface area (Å²) < 4.78 is 15.4. The van der Waals surface area contributed by atoms with Crippen LogP contribution in [0.2, 0.25) is 0 Å². The highest BCUT2D eigenvalue weighted by atomic mass is 16.6. The molecule has 0 spiro atoms. The van der Waals surface area contributed by atoms with Crippen LogP contribution in [0.25, 0.3) is 0 Å². The zero-order valence-corrected chi connectivity index (χ0v) is 23.6. The van der Waals surface area contributed by atoms with Gasteiger partial charge in [0.2, 0.25) is 5.91 Å². The van der Waals surface area contributed by atoms with Gasteiger partial charge in [-0.15, -0.1) is 0 Å². The second-order valence-corrected chi connectivity index (χ2v) is 9.52. The first-order valence-corrected chi connectivity index (χ1v) is 13.8. The number of methoxy groups -OCH3 is 1. The van der Waals surface area contributed by atoms with Crippen LogP contribution in [0.3, 0.4) is 0 Å². The highest BCUT2D eigenvalue weighted by Crippen LogP contribution is 2.08. The lowest BCUT2D eigenvalue weighted by Crippen LogP contribution is -2.52. The summed E-state index contributed by atoms with van der Waals surface area (Å²) in [6.07, 6.45) is 0.162. The number of rotatable bonds is 15. The van der Waals surface area contributed by atoms with Gasteiger partial charge in [0, 0.05) is 13.0 Å². The largest absolute Gasteiger partial charge is 0.467 e. The van der Waals surface area contributed by atoms with Gasteiger partial charge in [0.05, 0.1) is 7.11 Å². The normalized spacial score (nSPS) is 11.8. The molecule has 0 aliphatic heterocycles. The minimum atomic E-state index is -0.985. The van der Waals surface area contributed by atoms with Gasteiger partial charge in [0.15, 0.2) is 0 Å². The summed E-state index contributed by atoms with van der Waals surface area (Å²) in [4.78, 5) is 50.3. The molecule has 3 aromatic rings. The third-order valence-corrected chi connectivity index (χ3v) is 6.31. The molecule has 0 heterocycles. The summed E-state index contributed by atoms with van der Waals surface area (Å²) in [6, 6.07) is 25.8. The SMILES string of the molecule is COC(=O)[C@H](Cc1ccccc1)NC(=O)[C@@H](CCCCNC(=O)OCc1ccccc1)NC(=O)OCc1ccccc1. The van der Waals surface area contributed by atoms with E-state index in [9.17, 15) is 19.2 Å². The molecule has 0 fully saturated rings. The van der Waals surface area contributed by atoms with Crippen molar-refractivity contribution in [2.24, 2.45) is 0 Å². The molecule has 10 heteroatoms. The molecule has 42 heavy (non-hydrogen) atoms. The Morgan fingerprint density at radius 2 is 1.17 bits per heavy atom. The van der Waals surface area contributed by atoms with Crippen molar-refractivity contribution in [3.63, 3.8) is 0 Å². The maximum Gasteiger partial charge on any atom is 0.408 e. The first-order valence-electron chi connectivity index (χ1n) is 13.8. The van der Waals surface area contributed by atoms with Gasteiger partial charge < -0.3 is 30.2 Å². The number of hydrogen-bond acceptors (Lipinski definition) is 7. The summed E-state index contributed by atoms with van der Waals surface area (Å²) >= 11 is 0. The van der Waals surface area contributed by atoms with Crippen molar-refractivity contribution in [3.05, 3.63) is 108 Å². The number of unbranched alkanes of at least 4 members (excludes halogenated alkanes) is 1. The van der Waals surface area contributed by atoms with Crippen molar-refractivity contribution in [2.45, 2.75) is 51.0 Å². The molecule has 3 aromatic carbocycles. The Labute approximate surface area is 245 Å². The van der Waals surface area contributed by atoms with Crippen LogP contribution in [-0.4, -0.2) is 49.8 Å². The second kappa shape index (κ2) is 17.8. The smallest absolute Gasteiger partial charge is 0.408 e. The Morgan fingerprint density at radius 1 is 0.643 bits per heavy atom. The van der Waals surface area contributed by atoms with Gasteiger partial charge in [-0.05, 0) is 36.0 Å². The summed E-state index contributed by atoms with van der Waals surface area (Å²) in [6.45, 7) is 0.516. The van der Waals surface area contributed by atoms with Gasteiger partial charge in [-0.1, -0.05) is 91.0 Å². The van der Waals surface area contributed by atoms with Crippen LogP contribution in [0.5, 0.6) is 0 Å². The van der Waals surface area contributed by atoms with E-state index in [1.54, 1.807) is 0 Å². The molecule has 0 aliphatic carbocycles. The molecule has 0 bridgehead atoms. The number of ether oxygens (including phenoxy) is 3. The van der Waals surface area contributed by atoms with E-state index >= 15 is 0 Å². The zero-order valence-electron chi connectivity index (χ0n) is 23.6. The van der Waals surface area contributed by atoms with E-state index in [2.05, 4.69) is 16.0 Å². The number of carbonyl (C=O) groups is 4. The monoisotopic (exact) mass is 575 g/mol. The van der Waals surface area contributed by atoms with Crippen LogP contribution in [-0.2, 0) is 43.4 Å². The number of amides is 3. The fraction of sp³-hybridized carbons (Fsp3) is 0.312. The minimum Gasteiger partial charge on any atom is -0.467 e. The molecule has 3 N–H and O–H groups in total. The van der Waals surface area contributed by atoms with E-state index in [1.807, 2.05) is 91.0 Å². The maximum absolute atomic E-state index is 13.3. The maximum atomic E-state index is 13.3. The molecule has 0 aliphatic rings. The van der Waals surface area contributed by atoms with E-state index in [1.165, 1.54) is 7.11 Å². The average Bonchev–Trinajstić information content (AvgIpc) is 3.02. The van der Waals surface area contributed by atoms with Crippen LogP contribution in [0.1, 0.15) is 36.0 Å². The molecule has 10 nitrogen and oxygen atoms in total. The number of carbonyl (C=O) groups excluding carboxylic acids is 4. The molecule has 0 aromatic heterocycles. The van der Waals surface area contributed by atoms with E-state index in [0.717, 1.165) is 16.7 Å². The number of nitrogens with one attached hydrogen (secondary N) is 3.